The molecule has 18 heteroatoms. The maximum Gasteiger partial charge on any atom is 0.416 e. The smallest absolute Gasteiger partial charge is 0.416 e. The third-order valence-electron chi connectivity index (χ3n) is 7.86. The zero-order chi connectivity index (χ0) is 40.6. The van der Waals surface area contributed by atoms with Crippen molar-refractivity contribution in [2.45, 2.75) is 42.6 Å². The molecule has 56 heavy (non-hydrogen) atoms. The molecule has 292 valence electrons. The Morgan fingerprint density at radius 1 is 0.679 bits per heavy atom. The summed E-state index contributed by atoms with van der Waals surface area (Å²) in [7, 11) is 0. The molecular weight excluding hydrogens is 787 g/mol. The van der Waals surface area contributed by atoms with Crippen LogP contribution in [0.1, 0.15) is 49.9 Å². The first-order chi connectivity index (χ1) is 26.5. The van der Waals surface area contributed by atoms with Gasteiger partial charge in [-0.3, -0.25) is 9.59 Å². The van der Waals surface area contributed by atoms with Crippen LogP contribution in [0.15, 0.2) is 107 Å². The zero-order valence-electron chi connectivity index (χ0n) is 29.0. The van der Waals surface area contributed by atoms with E-state index in [0.29, 0.717) is 38.4 Å². The van der Waals surface area contributed by atoms with Gasteiger partial charge in [0.1, 0.15) is 0 Å². The highest BCUT2D eigenvalue weighted by molar-refractivity contribution is 8.16. The van der Waals surface area contributed by atoms with Crippen molar-refractivity contribution in [3.05, 3.63) is 130 Å². The van der Waals surface area contributed by atoms with Crippen LogP contribution in [0.5, 0.6) is 0 Å². The second-order valence-corrected chi connectivity index (χ2v) is 14.3. The Bertz CT molecular complexity index is 2160. The molecule has 0 aliphatic carbocycles. The molecule has 0 spiro atoms. The molecule has 2 amide bonds. The van der Waals surface area contributed by atoms with Gasteiger partial charge >= 0.3 is 24.3 Å². The summed E-state index contributed by atoms with van der Waals surface area (Å²) in [5.74, 6) is -2.14. The van der Waals surface area contributed by atoms with Crippen LogP contribution in [0.2, 0.25) is 0 Å². The summed E-state index contributed by atoms with van der Waals surface area (Å²) in [6.07, 6.45) is -8.57. The molecular formula is C38H30F6N4O6S2. The summed E-state index contributed by atoms with van der Waals surface area (Å²) in [6, 6.07) is 22.0. The van der Waals surface area contributed by atoms with Gasteiger partial charge in [0.05, 0.1) is 50.7 Å². The van der Waals surface area contributed by atoms with Crippen molar-refractivity contribution in [2.75, 3.05) is 6.61 Å². The lowest BCUT2D eigenvalue weighted by molar-refractivity contribution is -0.138. The van der Waals surface area contributed by atoms with Crippen LogP contribution in [-0.2, 0) is 39.5 Å². The van der Waals surface area contributed by atoms with Crippen LogP contribution in [0.4, 0.5) is 37.7 Å². The third kappa shape index (κ3) is 11.5. The number of alkyl halides is 6. The standard InChI is InChI=1S/C20H17F3N2O3S.C18H13F3N2O3S/c1-2-28-18(27)13-6-8-15(9-7-13)24-19-25-17(26)16(29-19)11-12-4-3-5-14(10-12)20(21,22)23;19-18(20,21)12-3-1-2-10(8-12)9-14-15(24)23-17(27-14)22-13-6-4-11(5-7-13)16(25)26/h3-10,16H,2,11H2,1H3,(H,24,25,26);1-8,14H,9H2,(H,25,26)(H,22,23,24). The van der Waals surface area contributed by atoms with Crippen molar-refractivity contribution >= 4 is 69.0 Å². The molecule has 2 saturated heterocycles. The minimum Gasteiger partial charge on any atom is -0.478 e. The van der Waals surface area contributed by atoms with Crippen LogP contribution >= 0.6 is 23.5 Å². The van der Waals surface area contributed by atoms with Gasteiger partial charge in [0.25, 0.3) is 0 Å². The average Bonchev–Trinajstić information content (AvgIpc) is 3.67. The van der Waals surface area contributed by atoms with E-state index in [1.54, 1.807) is 43.3 Å². The Morgan fingerprint density at radius 3 is 1.46 bits per heavy atom. The second-order valence-electron chi connectivity index (χ2n) is 11.9. The molecule has 2 heterocycles. The van der Waals surface area contributed by atoms with E-state index < -0.39 is 45.9 Å². The summed E-state index contributed by atoms with van der Waals surface area (Å²) >= 11 is 2.28. The van der Waals surface area contributed by atoms with E-state index in [1.807, 2.05) is 0 Å². The average molecular weight is 817 g/mol. The van der Waals surface area contributed by atoms with E-state index in [2.05, 4.69) is 20.6 Å². The molecule has 2 atom stereocenters. The number of amidine groups is 2. The number of hydrogen-bond acceptors (Lipinski definition) is 9. The van der Waals surface area contributed by atoms with E-state index in [0.717, 1.165) is 47.8 Å². The largest absolute Gasteiger partial charge is 0.478 e. The molecule has 4 aromatic rings. The summed E-state index contributed by atoms with van der Waals surface area (Å²) in [5, 5.41) is 13.6. The molecule has 6 rings (SSSR count). The first kappa shape index (κ1) is 41.5. The number of carboxylic acids is 1. The summed E-state index contributed by atoms with van der Waals surface area (Å²) < 4.78 is 81.9. The monoisotopic (exact) mass is 816 g/mol. The molecule has 2 unspecified atom stereocenters. The van der Waals surface area contributed by atoms with Gasteiger partial charge in [-0.1, -0.05) is 59.9 Å². The van der Waals surface area contributed by atoms with Gasteiger partial charge in [-0.05, 0) is 91.6 Å². The van der Waals surface area contributed by atoms with Crippen molar-refractivity contribution in [3.63, 3.8) is 0 Å². The van der Waals surface area contributed by atoms with E-state index in [4.69, 9.17) is 9.84 Å². The van der Waals surface area contributed by atoms with Crippen LogP contribution in [0, 0.1) is 0 Å². The van der Waals surface area contributed by atoms with E-state index >= 15 is 0 Å². The highest BCUT2D eigenvalue weighted by Crippen LogP contribution is 2.33. The number of carbonyl (C=O) groups excluding carboxylic acids is 3. The first-order valence-corrected chi connectivity index (χ1v) is 18.3. The van der Waals surface area contributed by atoms with Gasteiger partial charge in [0.2, 0.25) is 11.8 Å². The molecule has 0 bridgehead atoms. The fourth-order valence-corrected chi connectivity index (χ4v) is 7.22. The number of nitrogens with zero attached hydrogens (tertiary/aromatic N) is 2. The third-order valence-corrected chi connectivity index (χ3v) is 10.0. The van der Waals surface area contributed by atoms with Crippen LogP contribution in [-0.4, -0.2) is 56.3 Å². The van der Waals surface area contributed by atoms with Crippen molar-refractivity contribution in [1.29, 1.82) is 0 Å². The Kier molecular flexibility index (Phi) is 13.3. The van der Waals surface area contributed by atoms with Crippen molar-refractivity contribution < 1.29 is 55.4 Å². The number of carbonyl (C=O) groups is 4. The number of aliphatic imine (C=N–C) groups is 2. The fourth-order valence-electron chi connectivity index (χ4n) is 5.16. The predicted molar refractivity (Wildman–Crippen MR) is 199 cm³/mol. The lowest BCUT2D eigenvalue weighted by atomic mass is 10.1. The summed E-state index contributed by atoms with van der Waals surface area (Å²) in [5.41, 5.74) is 0.829. The number of rotatable bonds is 9. The quantitative estimate of drug-likeness (QED) is 0.113. The number of nitrogens with one attached hydrogen (secondary N) is 2. The molecule has 3 N–H and O–H groups in total. The van der Waals surface area contributed by atoms with Gasteiger partial charge in [-0.25, -0.2) is 19.6 Å². The van der Waals surface area contributed by atoms with Gasteiger partial charge < -0.3 is 20.5 Å². The Balaban J connectivity index is 0.000000215. The number of hydrogen-bond donors (Lipinski definition) is 3. The minimum atomic E-state index is -4.43. The SMILES string of the molecule is CCOC(=O)c1ccc(N=C2NC(=O)C(Cc3cccc(C(F)(F)F)c3)S2)cc1.O=C(O)c1ccc(N=C2NC(=O)C(Cc3cccc(C(F)(F)F)c3)S2)cc1. The second kappa shape index (κ2) is 17.9. The summed E-state index contributed by atoms with van der Waals surface area (Å²) in [4.78, 5) is 55.3. The highest BCUT2D eigenvalue weighted by Gasteiger charge is 2.34. The maximum atomic E-state index is 12.9. The number of benzene rings is 4. The van der Waals surface area contributed by atoms with Crippen LogP contribution < -0.4 is 10.6 Å². The fraction of sp³-hybridized carbons (Fsp3) is 0.211. The number of halogens is 6. The molecule has 0 aromatic heterocycles. The Labute approximate surface area is 323 Å². The molecule has 2 aliphatic rings. The van der Waals surface area contributed by atoms with E-state index in [-0.39, 0.29) is 36.8 Å². The number of carboxylic acid groups (broad SMARTS) is 1. The Hall–Kier alpha value is -5.62. The predicted octanol–water partition coefficient (Wildman–Crippen LogP) is 8.21. The number of ether oxygens (including phenoxy) is 1. The molecule has 0 radical (unpaired) electrons. The molecule has 2 fully saturated rings. The van der Waals surface area contributed by atoms with Crippen molar-refractivity contribution in [1.82, 2.24) is 10.6 Å². The molecule has 4 aromatic carbocycles. The van der Waals surface area contributed by atoms with Gasteiger partial charge in [0, 0.05) is 0 Å². The van der Waals surface area contributed by atoms with Gasteiger partial charge in [-0.2, -0.15) is 26.3 Å². The molecule has 10 nitrogen and oxygen atoms in total. The minimum absolute atomic E-state index is 0.115. The van der Waals surface area contributed by atoms with E-state index in [9.17, 15) is 45.5 Å². The van der Waals surface area contributed by atoms with E-state index in [1.165, 1.54) is 36.4 Å². The number of amides is 2. The van der Waals surface area contributed by atoms with Crippen molar-refractivity contribution in [2.24, 2.45) is 9.98 Å². The highest BCUT2D eigenvalue weighted by atomic mass is 32.2. The zero-order valence-corrected chi connectivity index (χ0v) is 30.6. The summed E-state index contributed by atoms with van der Waals surface area (Å²) in [6.45, 7) is 1.99. The Morgan fingerprint density at radius 2 is 1.09 bits per heavy atom. The molecule has 0 saturated carbocycles. The van der Waals surface area contributed by atoms with Crippen LogP contribution in [0.25, 0.3) is 0 Å². The molecule has 2 aliphatic heterocycles. The number of esters is 1. The topological polar surface area (TPSA) is 147 Å². The van der Waals surface area contributed by atoms with Crippen molar-refractivity contribution in [3.8, 4) is 0 Å². The van der Waals surface area contributed by atoms with Gasteiger partial charge in [-0.15, -0.1) is 0 Å². The van der Waals surface area contributed by atoms with Crippen LogP contribution in [0.3, 0.4) is 0 Å². The van der Waals surface area contributed by atoms with Gasteiger partial charge in [0.15, 0.2) is 10.3 Å². The maximum absolute atomic E-state index is 12.9. The first-order valence-electron chi connectivity index (χ1n) is 16.5. The lowest BCUT2D eigenvalue weighted by Gasteiger charge is -2.10. The lowest BCUT2D eigenvalue weighted by Crippen LogP contribution is -2.26. The number of thioether (sulfide) groups is 2. The normalized spacial score (nSPS) is 18.3. The number of aromatic carboxylic acids is 1.